The highest BCUT2D eigenvalue weighted by Gasteiger charge is 2.03. The minimum Gasteiger partial charge on any atom is -0.326 e. The van der Waals surface area contributed by atoms with Crippen LogP contribution >= 0.6 is 0 Å². The van der Waals surface area contributed by atoms with Gasteiger partial charge in [0.15, 0.2) is 0 Å². The van der Waals surface area contributed by atoms with Crippen molar-refractivity contribution in [3.8, 4) is 0 Å². The van der Waals surface area contributed by atoms with Gasteiger partial charge in [-0.15, -0.1) is 0 Å². The van der Waals surface area contributed by atoms with Crippen LogP contribution < -0.4 is 5.32 Å². The van der Waals surface area contributed by atoms with Gasteiger partial charge in [-0.25, -0.2) is 0 Å². The number of amides is 1. The molecule has 0 aliphatic carbocycles. The van der Waals surface area contributed by atoms with E-state index in [0.717, 1.165) is 18.5 Å². The van der Waals surface area contributed by atoms with Crippen LogP contribution in [0.25, 0.3) is 0 Å². The molecule has 0 radical (unpaired) electrons. The number of rotatable bonds is 4. The van der Waals surface area contributed by atoms with Gasteiger partial charge in [-0.2, -0.15) is 0 Å². The Kier molecular flexibility index (Phi) is 8.22. The Morgan fingerprint density at radius 1 is 1.19 bits per heavy atom. The first-order valence-corrected chi connectivity index (χ1v) is 6.15. The zero-order valence-electron chi connectivity index (χ0n) is 10.8. The Morgan fingerprint density at radius 3 is 2.38 bits per heavy atom. The lowest BCUT2D eigenvalue weighted by molar-refractivity contribution is -0.116. The van der Waals surface area contributed by atoms with Crippen LogP contribution in [0.5, 0.6) is 0 Å². The molecule has 0 unspecified atom stereocenters. The third-order valence-electron chi connectivity index (χ3n) is 2.15. The number of nitrogens with one attached hydrogen (secondary N) is 1. The van der Waals surface area contributed by atoms with E-state index in [4.69, 9.17) is 0 Å². The first-order chi connectivity index (χ1) is 7.77. The Balaban J connectivity index is 0.00000106. The van der Waals surface area contributed by atoms with Crippen molar-refractivity contribution in [2.24, 2.45) is 0 Å². The average Bonchev–Trinajstić information content (AvgIpc) is 2.32. The van der Waals surface area contributed by atoms with E-state index >= 15 is 0 Å². The normalized spacial score (nSPS) is 9.00. The fourth-order valence-electron chi connectivity index (χ4n) is 1.39. The summed E-state index contributed by atoms with van der Waals surface area (Å²) < 4.78 is 0. The molecule has 0 aliphatic heterocycles. The van der Waals surface area contributed by atoms with Gasteiger partial charge < -0.3 is 5.32 Å². The van der Waals surface area contributed by atoms with E-state index in [1.807, 2.05) is 45.0 Å². The third kappa shape index (κ3) is 4.96. The monoisotopic (exact) mass is 221 g/mol. The highest BCUT2D eigenvalue weighted by atomic mass is 16.1. The van der Waals surface area contributed by atoms with Gasteiger partial charge in [0.2, 0.25) is 5.91 Å². The SMILES string of the molecule is CC.CCCC(=O)Nc1ccccc1CC. The van der Waals surface area contributed by atoms with E-state index in [1.165, 1.54) is 5.56 Å². The molecule has 0 bridgehead atoms. The topological polar surface area (TPSA) is 29.1 Å². The molecule has 0 aliphatic rings. The molecule has 0 heterocycles. The molecule has 90 valence electrons. The van der Waals surface area contributed by atoms with Crippen molar-refractivity contribution >= 4 is 11.6 Å². The van der Waals surface area contributed by atoms with Crippen LogP contribution in [-0.2, 0) is 11.2 Å². The number of hydrogen-bond donors (Lipinski definition) is 1. The molecule has 0 spiro atoms. The van der Waals surface area contributed by atoms with Crippen molar-refractivity contribution in [1.29, 1.82) is 0 Å². The molecule has 1 amide bonds. The first kappa shape index (κ1) is 14.7. The molecule has 2 nitrogen and oxygen atoms in total. The minimum atomic E-state index is 0.105. The fourth-order valence-corrected chi connectivity index (χ4v) is 1.39. The van der Waals surface area contributed by atoms with Crippen molar-refractivity contribution in [2.75, 3.05) is 5.32 Å². The van der Waals surface area contributed by atoms with Crippen LogP contribution in [0, 0.1) is 0 Å². The summed E-state index contributed by atoms with van der Waals surface area (Å²) in [7, 11) is 0. The zero-order valence-corrected chi connectivity index (χ0v) is 10.8. The van der Waals surface area contributed by atoms with Gasteiger partial charge >= 0.3 is 0 Å². The Hall–Kier alpha value is -1.31. The molecule has 1 N–H and O–H groups in total. The fraction of sp³-hybridized carbons (Fsp3) is 0.500. The van der Waals surface area contributed by atoms with Gasteiger partial charge in [-0.1, -0.05) is 45.9 Å². The Bertz CT molecular complexity index is 307. The highest BCUT2D eigenvalue weighted by Crippen LogP contribution is 2.15. The van der Waals surface area contributed by atoms with Gasteiger partial charge in [0, 0.05) is 12.1 Å². The molecular weight excluding hydrogens is 198 g/mol. The molecule has 0 saturated heterocycles. The highest BCUT2D eigenvalue weighted by molar-refractivity contribution is 5.91. The molecule has 0 aromatic heterocycles. The van der Waals surface area contributed by atoms with Crippen molar-refractivity contribution in [1.82, 2.24) is 0 Å². The van der Waals surface area contributed by atoms with Crippen LogP contribution in [0.4, 0.5) is 5.69 Å². The maximum Gasteiger partial charge on any atom is 0.224 e. The summed E-state index contributed by atoms with van der Waals surface area (Å²) >= 11 is 0. The van der Waals surface area contributed by atoms with E-state index < -0.39 is 0 Å². The van der Waals surface area contributed by atoms with Crippen LogP contribution in [0.15, 0.2) is 24.3 Å². The van der Waals surface area contributed by atoms with Crippen molar-refractivity contribution < 1.29 is 4.79 Å². The molecule has 16 heavy (non-hydrogen) atoms. The van der Waals surface area contributed by atoms with Crippen LogP contribution in [0.1, 0.15) is 46.1 Å². The molecule has 0 fully saturated rings. The quantitative estimate of drug-likeness (QED) is 0.817. The van der Waals surface area contributed by atoms with E-state index in [-0.39, 0.29) is 5.91 Å². The Labute approximate surface area is 99.1 Å². The minimum absolute atomic E-state index is 0.105. The molecule has 1 aromatic rings. The standard InChI is InChI=1S/C12H17NO.C2H6/c1-3-7-12(14)13-11-9-6-5-8-10(11)4-2;1-2/h5-6,8-9H,3-4,7H2,1-2H3,(H,13,14);1-2H3. The number of carbonyl (C=O) groups is 1. The summed E-state index contributed by atoms with van der Waals surface area (Å²) in [5.41, 5.74) is 2.14. The van der Waals surface area contributed by atoms with Gasteiger partial charge in [-0.3, -0.25) is 4.79 Å². The number of hydrogen-bond acceptors (Lipinski definition) is 1. The van der Waals surface area contributed by atoms with Crippen molar-refractivity contribution in [2.45, 2.75) is 47.0 Å². The largest absolute Gasteiger partial charge is 0.326 e. The number of anilines is 1. The van der Waals surface area contributed by atoms with Gasteiger partial charge in [0.25, 0.3) is 0 Å². The summed E-state index contributed by atoms with van der Waals surface area (Å²) in [6.45, 7) is 8.09. The Morgan fingerprint density at radius 2 is 1.81 bits per heavy atom. The van der Waals surface area contributed by atoms with Crippen LogP contribution in [-0.4, -0.2) is 5.91 Å². The van der Waals surface area contributed by atoms with Gasteiger partial charge in [-0.05, 0) is 24.5 Å². The maximum atomic E-state index is 11.4. The number of carbonyl (C=O) groups excluding carboxylic acids is 1. The second-order valence-corrected chi connectivity index (χ2v) is 3.31. The van der Waals surface area contributed by atoms with E-state index in [0.29, 0.717) is 6.42 Å². The van der Waals surface area contributed by atoms with E-state index in [9.17, 15) is 4.79 Å². The van der Waals surface area contributed by atoms with E-state index in [1.54, 1.807) is 0 Å². The van der Waals surface area contributed by atoms with Crippen molar-refractivity contribution in [3.05, 3.63) is 29.8 Å². The molecule has 2 heteroatoms. The third-order valence-corrected chi connectivity index (χ3v) is 2.15. The smallest absolute Gasteiger partial charge is 0.224 e. The predicted molar refractivity (Wildman–Crippen MR) is 70.7 cm³/mol. The predicted octanol–water partition coefficient (Wildman–Crippen LogP) is 4.01. The lowest BCUT2D eigenvalue weighted by Gasteiger charge is -2.08. The second-order valence-electron chi connectivity index (χ2n) is 3.31. The molecule has 1 aromatic carbocycles. The number of para-hydroxylation sites is 1. The first-order valence-electron chi connectivity index (χ1n) is 6.15. The second kappa shape index (κ2) is 8.96. The zero-order chi connectivity index (χ0) is 12.4. The average molecular weight is 221 g/mol. The van der Waals surface area contributed by atoms with E-state index in [2.05, 4.69) is 12.2 Å². The summed E-state index contributed by atoms with van der Waals surface area (Å²) in [6, 6.07) is 7.93. The summed E-state index contributed by atoms with van der Waals surface area (Å²) in [6.07, 6.45) is 2.43. The summed E-state index contributed by atoms with van der Waals surface area (Å²) in [5.74, 6) is 0.105. The molecule has 0 saturated carbocycles. The van der Waals surface area contributed by atoms with Crippen LogP contribution in [0.3, 0.4) is 0 Å². The van der Waals surface area contributed by atoms with Crippen molar-refractivity contribution in [3.63, 3.8) is 0 Å². The summed E-state index contributed by atoms with van der Waals surface area (Å²) in [4.78, 5) is 11.4. The lowest BCUT2D eigenvalue weighted by Crippen LogP contribution is -2.11. The molecular formula is C14H23NO. The maximum absolute atomic E-state index is 11.4. The number of aryl methyl sites for hydroxylation is 1. The number of benzene rings is 1. The molecule has 0 atom stereocenters. The van der Waals surface area contributed by atoms with Gasteiger partial charge in [0.05, 0.1) is 0 Å². The summed E-state index contributed by atoms with van der Waals surface area (Å²) in [5, 5.41) is 2.92. The molecule has 1 rings (SSSR count). The lowest BCUT2D eigenvalue weighted by atomic mass is 10.1. The van der Waals surface area contributed by atoms with Crippen LogP contribution in [0.2, 0.25) is 0 Å². The van der Waals surface area contributed by atoms with Gasteiger partial charge in [0.1, 0.15) is 0 Å².